The summed E-state index contributed by atoms with van der Waals surface area (Å²) >= 11 is 5.87. The third kappa shape index (κ3) is 3.75. The van der Waals surface area contributed by atoms with E-state index in [0.29, 0.717) is 16.7 Å². The number of aromatic amines is 1. The molecule has 4 rings (SSSR count). The van der Waals surface area contributed by atoms with E-state index in [4.69, 9.17) is 17.3 Å². The summed E-state index contributed by atoms with van der Waals surface area (Å²) in [5, 5.41) is 11.2. The summed E-state index contributed by atoms with van der Waals surface area (Å²) in [5.41, 5.74) is 9.53. The number of benzene rings is 2. The minimum Gasteiger partial charge on any atom is -0.382 e. The Balaban J connectivity index is 1.53. The minimum absolute atomic E-state index is 0.142. The summed E-state index contributed by atoms with van der Waals surface area (Å²) in [6.45, 7) is 0. The molecule has 0 fully saturated rings. The molecule has 2 heterocycles. The highest BCUT2D eigenvalue weighted by Gasteiger charge is 2.08. The zero-order valence-corrected chi connectivity index (χ0v) is 15.0. The second kappa shape index (κ2) is 7.09. The summed E-state index contributed by atoms with van der Waals surface area (Å²) in [4.78, 5) is 16.5. The highest BCUT2D eigenvalue weighted by atomic mass is 35.5. The van der Waals surface area contributed by atoms with Crippen molar-refractivity contribution in [2.45, 2.75) is 6.42 Å². The van der Waals surface area contributed by atoms with E-state index in [0.717, 1.165) is 27.6 Å². The molecule has 6 nitrogen and oxygen atoms in total. The third-order valence-corrected chi connectivity index (χ3v) is 4.48. The molecule has 0 aliphatic rings. The number of H-pyrrole nitrogens is 1. The fourth-order valence-corrected chi connectivity index (χ4v) is 2.99. The van der Waals surface area contributed by atoms with E-state index in [2.05, 4.69) is 20.5 Å². The Morgan fingerprint density at radius 2 is 1.85 bits per heavy atom. The Bertz CT molecular complexity index is 1120. The first-order valence-electron chi connectivity index (χ1n) is 8.33. The Kier molecular flexibility index (Phi) is 4.48. The lowest BCUT2D eigenvalue weighted by Crippen LogP contribution is -2.15. The van der Waals surface area contributed by atoms with Crippen LogP contribution in [0.2, 0.25) is 5.02 Å². The first kappa shape index (κ1) is 17.1. The maximum atomic E-state index is 12.3. The summed E-state index contributed by atoms with van der Waals surface area (Å²) in [5.74, 6) is 0.806. The van der Waals surface area contributed by atoms with Crippen molar-refractivity contribution in [2.75, 3.05) is 11.1 Å². The van der Waals surface area contributed by atoms with Crippen molar-refractivity contribution < 1.29 is 4.79 Å². The van der Waals surface area contributed by atoms with Gasteiger partial charge in [-0.15, -0.1) is 0 Å². The molecule has 27 heavy (non-hydrogen) atoms. The van der Waals surface area contributed by atoms with Crippen LogP contribution in [0.1, 0.15) is 5.56 Å². The third-order valence-electron chi connectivity index (χ3n) is 4.23. The van der Waals surface area contributed by atoms with Crippen molar-refractivity contribution in [1.82, 2.24) is 15.2 Å². The van der Waals surface area contributed by atoms with Gasteiger partial charge >= 0.3 is 0 Å². The normalized spacial score (nSPS) is 10.9. The number of carbonyl (C=O) groups excluding carboxylic acids is 1. The number of nitrogens with one attached hydrogen (secondary N) is 2. The molecule has 0 radical (unpaired) electrons. The molecule has 2 aromatic heterocycles. The van der Waals surface area contributed by atoms with Gasteiger partial charge < -0.3 is 11.1 Å². The van der Waals surface area contributed by atoms with E-state index < -0.39 is 0 Å². The number of aromatic nitrogens is 3. The van der Waals surface area contributed by atoms with Crippen LogP contribution in [-0.2, 0) is 11.2 Å². The van der Waals surface area contributed by atoms with Crippen LogP contribution in [0.25, 0.3) is 22.0 Å². The predicted molar refractivity (Wildman–Crippen MR) is 108 cm³/mol. The number of carbonyl (C=O) groups is 1. The van der Waals surface area contributed by atoms with Gasteiger partial charge in [-0.25, -0.2) is 4.98 Å². The van der Waals surface area contributed by atoms with Crippen molar-refractivity contribution >= 4 is 40.0 Å². The number of amides is 1. The fraction of sp³-hybridized carbons (Fsp3) is 0.0500. The number of hydrogen-bond donors (Lipinski definition) is 3. The van der Waals surface area contributed by atoms with Crippen LogP contribution in [0, 0.1) is 0 Å². The fourth-order valence-electron chi connectivity index (χ4n) is 2.87. The molecule has 0 unspecified atom stereocenters. The Morgan fingerprint density at radius 1 is 1.07 bits per heavy atom. The Hall–Kier alpha value is -3.38. The first-order valence-corrected chi connectivity index (χ1v) is 8.70. The van der Waals surface area contributed by atoms with E-state index in [-0.39, 0.29) is 12.3 Å². The van der Waals surface area contributed by atoms with E-state index in [9.17, 15) is 4.79 Å². The Morgan fingerprint density at radius 3 is 2.67 bits per heavy atom. The zero-order valence-electron chi connectivity index (χ0n) is 14.2. The monoisotopic (exact) mass is 377 g/mol. The number of pyridine rings is 1. The van der Waals surface area contributed by atoms with Crippen LogP contribution in [0.15, 0.2) is 60.8 Å². The SMILES string of the molecule is Nc1n[nH]c2ccc(-c3ccnc(NC(=O)Cc4ccc(Cl)cc4)c3)cc12. The van der Waals surface area contributed by atoms with E-state index in [1.807, 2.05) is 42.5 Å². The van der Waals surface area contributed by atoms with E-state index in [1.54, 1.807) is 18.3 Å². The standard InChI is InChI=1S/C20H16ClN5O/c21-15-4-1-12(2-5-15)9-19(27)24-18-11-14(7-8-23-18)13-3-6-17-16(10-13)20(22)26-25-17/h1-8,10-11H,9H2,(H3,22,25,26)(H,23,24,27). The minimum atomic E-state index is -0.142. The van der Waals surface area contributed by atoms with Crippen molar-refractivity contribution in [1.29, 1.82) is 0 Å². The maximum Gasteiger partial charge on any atom is 0.229 e. The van der Waals surface area contributed by atoms with Crippen LogP contribution in [0.4, 0.5) is 11.6 Å². The molecule has 2 aromatic carbocycles. The summed E-state index contributed by atoms with van der Waals surface area (Å²) < 4.78 is 0. The zero-order chi connectivity index (χ0) is 18.8. The molecule has 4 aromatic rings. The number of anilines is 2. The van der Waals surface area contributed by atoms with Crippen LogP contribution >= 0.6 is 11.6 Å². The smallest absolute Gasteiger partial charge is 0.229 e. The molecule has 0 saturated carbocycles. The quantitative estimate of drug-likeness (QED) is 0.500. The Labute approximate surface area is 160 Å². The van der Waals surface area contributed by atoms with Gasteiger partial charge in [0.25, 0.3) is 0 Å². The van der Waals surface area contributed by atoms with Gasteiger partial charge in [-0.2, -0.15) is 5.10 Å². The molecule has 1 amide bonds. The lowest BCUT2D eigenvalue weighted by atomic mass is 10.0. The molecule has 0 spiro atoms. The summed E-state index contributed by atoms with van der Waals surface area (Å²) in [7, 11) is 0. The van der Waals surface area contributed by atoms with Crippen LogP contribution in [0.3, 0.4) is 0 Å². The van der Waals surface area contributed by atoms with Gasteiger partial charge in [-0.05, 0) is 53.1 Å². The number of nitrogen functional groups attached to an aromatic ring is 1. The van der Waals surface area contributed by atoms with E-state index >= 15 is 0 Å². The topological polar surface area (TPSA) is 96.7 Å². The molecule has 0 saturated heterocycles. The lowest BCUT2D eigenvalue weighted by Gasteiger charge is -2.07. The van der Waals surface area contributed by atoms with Gasteiger partial charge in [-0.1, -0.05) is 29.8 Å². The molecule has 134 valence electrons. The summed E-state index contributed by atoms with van der Waals surface area (Å²) in [6.07, 6.45) is 1.91. The van der Waals surface area contributed by atoms with Gasteiger partial charge in [0, 0.05) is 16.6 Å². The van der Waals surface area contributed by atoms with E-state index in [1.165, 1.54) is 0 Å². The average Bonchev–Trinajstić information content (AvgIpc) is 3.04. The van der Waals surface area contributed by atoms with Crippen LogP contribution in [-0.4, -0.2) is 21.1 Å². The number of hydrogen-bond acceptors (Lipinski definition) is 4. The number of rotatable bonds is 4. The van der Waals surface area contributed by atoms with Gasteiger partial charge in [0.2, 0.25) is 5.91 Å². The molecule has 0 atom stereocenters. The van der Waals surface area contributed by atoms with Crippen molar-refractivity contribution in [3.05, 3.63) is 71.4 Å². The largest absolute Gasteiger partial charge is 0.382 e. The number of halogens is 1. The average molecular weight is 378 g/mol. The molecular weight excluding hydrogens is 362 g/mol. The highest BCUT2D eigenvalue weighted by molar-refractivity contribution is 6.30. The van der Waals surface area contributed by atoms with Gasteiger partial charge in [0.15, 0.2) is 5.82 Å². The molecule has 4 N–H and O–H groups in total. The van der Waals surface area contributed by atoms with Crippen LogP contribution < -0.4 is 11.1 Å². The van der Waals surface area contributed by atoms with Gasteiger partial charge in [-0.3, -0.25) is 9.89 Å². The predicted octanol–water partition coefficient (Wildman–Crippen LogP) is 4.04. The van der Waals surface area contributed by atoms with Crippen molar-refractivity contribution in [2.24, 2.45) is 0 Å². The molecule has 0 bridgehead atoms. The van der Waals surface area contributed by atoms with Gasteiger partial charge in [0.05, 0.1) is 11.9 Å². The second-order valence-corrected chi connectivity index (χ2v) is 6.59. The number of nitrogens with two attached hydrogens (primary N) is 1. The molecule has 0 aliphatic heterocycles. The number of fused-ring (bicyclic) bond motifs is 1. The van der Waals surface area contributed by atoms with Crippen molar-refractivity contribution in [3.63, 3.8) is 0 Å². The van der Waals surface area contributed by atoms with Gasteiger partial charge in [0.1, 0.15) is 5.82 Å². The molecule has 0 aliphatic carbocycles. The maximum absolute atomic E-state index is 12.3. The summed E-state index contributed by atoms with van der Waals surface area (Å²) in [6, 6.07) is 16.8. The lowest BCUT2D eigenvalue weighted by molar-refractivity contribution is -0.115. The molecule has 7 heteroatoms. The molecular formula is C20H16ClN5O. The first-order chi connectivity index (χ1) is 13.1. The number of nitrogens with zero attached hydrogens (tertiary/aromatic N) is 2. The van der Waals surface area contributed by atoms with Crippen molar-refractivity contribution in [3.8, 4) is 11.1 Å². The van der Waals surface area contributed by atoms with Crippen LogP contribution in [0.5, 0.6) is 0 Å². The second-order valence-electron chi connectivity index (χ2n) is 6.15. The highest BCUT2D eigenvalue weighted by Crippen LogP contribution is 2.27.